The van der Waals surface area contributed by atoms with E-state index in [1.807, 2.05) is 13.0 Å². The molecule has 3 aromatic rings. The summed E-state index contributed by atoms with van der Waals surface area (Å²) in [7, 11) is -5.54. The zero-order chi connectivity index (χ0) is 17.3. The number of hydrogen-bond acceptors (Lipinski definition) is 5. The highest BCUT2D eigenvalue weighted by Gasteiger charge is 2.30. The van der Waals surface area contributed by atoms with Crippen molar-refractivity contribution in [2.75, 3.05) is 6.26 Å². The maximum atomic E-state index is 12.9. The maximum absolute atomic E-state index is 12.9. The van der Waals surface area contributed by atoms with Gasteiger partial charge < -0.3 is 4.42 Å². The molecule has 0 aliphatic carbocycles. The summed E-state index contributed by atoms with van der Waals surface area (Å²) < 4.78 is 43.2. The molecule has 0 aliphatic rings. The van der Waals surface area contributed by atoms with Crippen LogP contribution in [0, 0.1) is 6.92 Å². The first-order valence-electron chi connectivity index (χ1n) is 7.11. The fraction of sp³-hybridized carbons (Fsp3) is 0.118. The van der Waals surface area contributed by atoms with Crippen molar-refractivity contribution >= 4 is 20.6 Å². The van der Waals surface area contributed by atoms with E-state index in [4.69, 9.17) is 4.42 Å². The van der Waals surface area contributed by atoms with Crippen molar-refractivity contribution in [3.63, 3.8) is 0 Å². The SMILES string of the molecule is Cc1ccc(S(=O)(=O)c2nc(-c3ccccc3)oc2[S@@](C)=O)cc1. The van der Waals surface area contributed by atoms with Crippen LogP contribution < -0.4 is 0 Å². The molecule has 1 atom stereocenters. The van der Waals surface area contributed by atoms with Gasteiger partial charge in [0.05, 0.1) is 15.7 Å². The Morgan fingerprint density at radius 2 is 1.62 bits per heavy atom. The predicted molar refractivity (Wildman–Crippen MR) is 90.9 cm³/mol. The summed E-state index contributed by atoms with van der Waals surface area (Å²) in [5.74, 6) is 0.131. The van der Waals surface area contributed by atoms with Gasteiger partial charge >= 0.3 is 0 Å². The Hall–Kier alpha value is -2.25. The van der Waals surface area contributed by atoms with Crippen molar-refractivity contribution < 1.29 is 17.0 Å². The largest absolute Gasteiger partial charge is 0.426 e. The highest BCUT2D eigenvalue weighted by Crippen LogP contribution is 2.30. The minimum Gasteiger partial charge on any atom is -0.426 e. The summed E-state index contributed by atoms with van der Waals surface area (Å²) in [6.07, 6.45) is 1.36. The summed E-state index contributed by atoms with van der Waals surface area (Å²) in [5, 5.41) is -0.444. The molecule has 0 amide bonds. The number of hydrogen-bond donors (Lipinski definition) is 0. The van der Waals surface area contributed by atoms with Crippen LogP contribution >= 0.6 is 0 Å². The summed E-state index contributed by atoms with van der Waals surface area (Å²) >= 11 is 0. The van der Waals surface area contributed by atoms with Gasteiger partial charge in [-0.25, -0.2) is 8.42 Å². The Kier molecular flexibility index (Phi) is 4.38. The molecular weight excluding hydrogens is 346 g/mol. The second-order valence-electron chi connectivity index (χ2n) is 5.25. The molecule has 0 saturated carbocycles. The van der Waals surface area contributed by atoms with Crippen molar-refractivity contribution in [3.05, 3.63) is 60.2 Å². The van der Waals surface area contributed by atoms with E-state index in [9.17, 15) is 12.6 Å². The molecule has 0 bridgehead atoms. The fourth-order valence-electron chi connectivity index (χ4n) is 2.18. The third-order valence-electron chi connectivity index (χ3n) is 3.43. The first-order valence-corrected chi connectivity index (χ1v) is 10.1. The van der Waals surface area contributed by atoms with Crippen LogP contribution in [0.1, 0.15) is 5.56 Å². The molecule has 0 spiro atoms. The molecule has 0 saturated heterocycles. The lowest BCUT2D eigenvalue weighted by Gasteiger charge is -2.02. The molecule has 24 heavy (non-hydrogen) atoms. The van der Waals surface area contributed by atoms with Crippen LogP contribution in [-0.2, 0) is 20.6 Å². The Morgan fingerprint density at radius 3 is 2.21 bits per heavy atom. The quantitative estimate of drug-likeness (QED) is 0.713. The second kappa shape index (κ2) is 6.33. The number of sulfone groups is 1. The normalized spacial score (nSPS) is 12.9. The van der Waals surface area contributed by atoms with Crippen molar-refractivity contribution in [2.24, 2.45) is 0 Å². The first kappa shape index (κ1) is 16.6. The minimum absolute atomic E-state index is 0.0905. The first-order chi connectivity index (χ1) is 11.4. The topological polar surface area (TPSA) is 77.2 Å². The van der Waals surface area contributed by atoms with Crippen LogP contribution in [0.15, 0.2) is 74.0 Å². The zero-order valence-electron chi connectivity index (χ0n) is 13.1. The third kappa shape index (κ3) is 3.05. The lowest BCUT2D eigenvalue weighted by atomic mass is 10.2. The second-order valence-corrected chi connectivity index (χ2v) is 8.39. The zero-order valence-corrected chi connectivity index (χ0v) is 14.7. The number of nitrogens with zero attached hydrogens (tertiary/aromatic N) is 1. The van der Waals surface area contributed by atoms with Gasteiger partial charge in [0.15, 0.2) is 0 Å². The van der Waals surface area contributed by atoms with Crippen molar-refractivity contribution in [1.82, 2.24) is 4.98 Å². The van der Waals surface area contributed by atoms with Crippen LogP contribution in [0.4, 0.5) is 0 Å². The van der Waals surface area contributed by atoms with Gasteiger partial charge in [-0.15, -0.1) is 0 Å². The van der Waals surface area contributed by atoms with Crippen molar-refractivity contribution in [3.8, 4) is 11.5 Å². The number of rotatable bonds is 4. The van der Waals surface area contributed by atoms with Gasteiger partial charge in [-0.2, -0.15) is 4.98 Å². The smallest absolute Gasteiger partial charge is 0.230 e. The maximum Gasteiger partial charge on any atom is 0.230 e. The van der Waals surface area contributed by atoms with E-state index >= 15 is 0 Å². The Bertz CT molecular complexity index is 991. The van der Waals surface area contributed by atoms with Gasteiger partial charge in [0, 0.05) is 11.8 Å². The third-order valence-corrected chi connectivity index (χ3v) is 6.04. The average molecular weight is 361 g/mol. The lowest BCUT2D eigenvalue weighted by Crippen LogP contribution is -2.06. The van der Waals surface area contributed by atoms with E-state index < -0.39 is 20.6 Å². The average Bonchev–Trinajstić information content (AvgIpc) is 3.02. The molecule has 7 heteroatoms. The van der Waals surface area contributed by atoms with Crippen LogP contribution in [0.25, 0.3) is 11.5 Å². The van der Waals surface area contributed by atoms with Crippen LogP contribution in [0.3, 0.4) is 0 Å². The molecule has 124 valence electrons. The molecule has 0 N–H and O–H groups in total. The van der Waals surface area contributed by atoms with Crippen molar-refractivity contribution in [1.29, 1.82) is 0 Å². The molecule has 0 fully saturated rings. The number of aryl methyl sites for hydroxylation is 1. The van der Waals surface area contributed by atoms with Gasteiger partial charge in [0.2, 0.25) is 25.8 Å². The van der Waals surface area contributed by atoms with Gasteiger partial charge in [0.1, 0.15) is 0 Å². The van der Waals surface area contributed by atoms with Crippen LogP contribution in [-0.4, -0.2) is 23.9 Å². The van der Waals surface area contributed by atoms with Gasteiger partial charge in [-0.05, 0) is 31.2 Å². The van der Waals surface area contributed by atoms with E-state index in [1.165, 1.54) is 18.4 Å². The standard InChI is InChI=1S/C17H15NO4S2/c1-12-8-10-14(11-9-12)24(20,21)16-17(23(2)19)22-15(18-16)13-6-4-3-5-7-13/h3-11H,1-2H3/t23-/m1/s1. The summed E-state index contributed by atoms with van der Waals surface area (Å²) in [6, 6.07) is 15.3. The molecular formula is C17H15NO4S2. The molecule has 1 aromatic heterocycles. The molecule has 5 nitrogen and oxygen atoms in total. The van der Waals surface area contributed by atoms with E-state index in [0.717, 1.165) is 5.56 Å². The summed E-state index contributed by atoms with van der Waals surface area (Å²) in [4.78, 5) is 4.21. The number of aromatic nitrogens is 1. The van der Waals surface area contributed by atoms with E-state index in [-0.39, 0.29) is 20.9 Å². The van der Waals surface area contributed by atoms with E-state index in [0.29, 0.717) is 5.56 Å². The minimum atomic E-state index is -3.92. The molecule has 0 aliphatic heterocycles. The highest BCUT2D eigenvalue weighted by atomic mass is 32.2. The van der Waals surface area contributed by atoms with E-state index in [1.54, 1.807) is 36.4 Å². The van der Waals surface area contributed by atoms with Gasteiger partial charge in [-0.1, -0.05) is 35.9 Å². The van der Waals surface area contributed by atoms with E-state index in [2.05, 4.69) is 4.98 Å². The van der Waals surface area contributed by atoms with Gasteiger partial charge in [0.25, 0.3) is 0 Å². The molecule has 0 unspecified atom stereocenters. The number of oxazole rings is 1. The Morgan fingerprint density at radius 1 is 1.00 bits per heavy atom. The number of benzene rings is 2. The highest BCUT2D eigenvalue weighted by molar-refractivity contribution is 7.92. The Labute approximate surface area is 142 Å². The summed E-state index contributed by atoms with van der Waals surface area (Å²) in [5.41, 5.74) is 1.56. The fourth-order valence-corrected chi connectivity index (χ4v) is 4.53. The van der Waals surface area contributed by atoms with Crippen LogP contribution in [0.2, 0.25) is 0 Å². The Balaban J connectivity index is 2.18. The summed E-state index contributed by atoms with van der Waals surface area (Å²) in [6.45, 7) is 1.87. The molecule has 2 aromatic carbocycles. The lowest BCUT2D eigenvalue weighted by molar-refractivity contribution is 0.461. The van der Waals surface area contributed by atoms with Crippen molar-refractivity contribution in [2.45, 2.75) is 21.9 Å². The van der Waals surface area contributed by atoms with Gasteiger partial charge in [-0.3, -0.25) is 4.21 Å². The molecule has 1 heterocycles. The molecule has 0 radical (unpaired) electrons. The predicted octanol–water partition coefficient (Wildman–Crippen LogP) is 3.22. The monoisotopic (exact) mass is 361 g/mol. The molecule has 3 rings (SSSR count). The van der Waals surface area contributed by atoms with Crippen LogP contribution in [0.5, 0.6) is 0 Å².